The number of halogens is 2. The summed E-state index contributed by atoms with van der Waals surface area (Å²) in [7, 11) is -3.85. The number of aromatic amines is 1. The van der Waals surface area contributed by atoms with Crippen LogP contribution in [0, 0.1) is 5.82 Å². The van der Waals surface area contributed by atoms with Gasteiger partial charge in [0.15, 0.2) is 0 Å². The van der Waals surface area contributed by atoms with E-state index in [1.54, 1.807) is 6.07 Å². The van der Waals surface area contributed by atoms with E-state index in [0.717, 1.165) is 0 Å². The molecule has 8 heteroatoms. The van der Waals surface area contributed by atoms with Crippen LogP contribution in [0.25, 0.3) is 0 Å². The Labute approximate surface area is 118 Å². The van der Waals surface area contributed by atoms with Crippen molar-refractivity contribution in [2.75, 3.05) is 4.72 Å². The highest BCUT2D eigenvalue weighted by atomic mass is 79.9. The van der Waals surface area contributed by atoms with Crippen molar-refractivity contribution in [2.24, 2.45) is 5.73 Å². The maximum Gasteiger partial charge on any atom is 0.263 e. The molecule has 102 valence electrons. The van der Waals surface area contributed by atoms with Crippen LogP contribution in [0.2, 0.25) is 0 Å². The number of rotatable bonds is 4. The van der Waals surface area contributed by atoms with Gasteiger partial charge in [-0.15, -0.1) is 0 Å². The monoisotopic (exact) mass is 347 g/mol. The molecule has 0 amide bonds. The molecule has 1 heterocycles. The van der Waals surface area contributed by atoms with Gasteiger partial charge < -0.3 is 10.7 Å². The van der Waals surface area contributed by atoms with Gasteiger partial charge in [0.2, 0.25) is 0 Å². The summed E-state index contributed by atoms with van der Waals surface area (Å²) in [5.41, 5.74) is 5.84. The molecule has 19 heavy (non-hydrogen) atoms. The van der Waals surface area contributed by atoms with Gasteiger partial charge in [0, 0.05) is 22.9 Å². The lowest BCUT2D eigenvalue weighted by atomic mass is 10.3. The third-order valence-corrected chi connectivity index (χ3v) is 4.44. The molecular weight excluding hydrogens is 337 g/mol. The van der Waals surface area contributed by atoms with Gasteiger partial charge >= 0.3 is 0 Å². The Morgan fingerprint density at radius 3 is 2.74 bits per heavy atom. The fraction of sp³-hybridized carbons (Fsp3) is 0.0909. The van der Waals surface area contributed by atoms with Crippen molar-refractivity contribution in [1.82, 2.24) is 4.98 Å². The highest BCUT2D eigenvalue weighted by Gasteiger charge is 2.19. The summed E-state index contributed by atoms with van der Waals surface area (Å²) >= 11 is 3.10. The van der Waals surface area contributed by atoms with Gasteiger partial charge in [-0.1, -0.05) is 6.07 Å². The van der Waals surface area contributed by atoms with E-state index in [0.29, 0.717) is 10.2 Å². The molecule has 0 aliphatic rings. The second-order valence-electron chi connectivity index (χ2n) is 3.77. The summed E-state index contributed by atoms with van der Waals surface area (Å²) in [6.07, 6.45) is 1.30. The number of hydrogen-bond acceptors (Lipinski definition) is 3. The van der Waals surface area contributed by atoms with Crippen molar-refractivity contribution in [3.8, 4) is 0 Å². The van der Waals surface area contributed by atoms with Crippen LogP contribution >= 0.6 is 15.9 Å². The van der Waals surface area contributed by atoms with Crippen molar-refractivity contribution < 1.29 is 12.8 Å². The summed E-state index contributed by atoms with van der Waals surface area (Å²) in [4.78, 5) is 2.73. The average Bonchev–Trinajstić information content (AvgIpc) is 2.83. The Kier molecular flexibility index (Phi) is 3.93. The molecule has 1 aromatic carbocycles. The standard InChI is InChI=1S/C11H11BrFN3O2S/c12-9-2-1-3-10(13)11(9)16-19(17,18)8-4-7(5-14)15-6-8/h1-4,6,15-16H,5,14H2. The van der Waals surface area contributed by atoms with E-state index < -0.39 is 15.8 Å². The van der Waals surface area contributed by atoms with Gasteiger partial charge in [-0.2, -0.15) is 0 Å². The highest BCUT2D eigenvalue weighted by Crippen LogP contribution is 2.27. The quantitative estimate of drug-likeness (QED) is 0.791. The molecule has 0 radical (unpaired) electrons. The van der Waals surface area contributed by atoms with Crippen LogP contribution < -0.4 is 10.5 Å². The number of benzene rings is 1. The minimum absolute atomic E-state index is 0.00287. The predicted octanol–water partition coefficient (Wildman–Crippen LogP) is 2.18. The van der Waals surface area contributed by atoms with Crippen LogP contribution in [0.15, 0.2) is 39.8 Å². The molecule has 5 nitrogen and oxygen atoms in total. The first-order valence-electron chi connectivity index (χ1n) is 5.28. The van der Waals surface area contributed by atoms with Gasteiger partial charge in [0.1, 0.15) is 10.7 Å². The van der Waals surface area contributed by atoms with Crippen LogP contribution in [0.3, 0.4) is 0 Å². The average molecular weight is 348 g/mol. The molecule has 4 N–H and O–H groups in total. The second kappa shape index (κ2) is 5.32. The topological polar surface area (TPSA) is 88.0 Å². The Hall–Kier alpha value is -1.38. The van der Waals surface area contributed by atoms with Crippen molar-refractivity contribution in [3.05, 3.63) is 46.4 Å². The van der Waals surface area contributed by atoms with Crippen LogP contribution in [-0.2, 0) is 16.6 Å². The SMILES string of the molecule is NCc1cc(S(=O)(=O)Nc2c(F)cccc2Br)c[nH]1. The summed E-state index contributed by atoms with van der Waals surface area (Å²) in [6.45, 7) is 0.193. The molecule has 0 atom stereocenters. The lowest BCUT2D eigenvalue weighted by Crippen LogP contribution is -2.13. The molecule has 0 aliphatic carbocycles. The Bertz CT molecular complexity index is 679. The number of hydrogen-bond donors (Lipinski definition) is 3. The van der Waals surface area contributed by atoms with E-state index in [9.17, 15) is 12.8 Å². The van der Waals surface area contributed by atoms with Gasteiger partial charge in [-0.05, 0) is 34.1 Å². The third-order valence-electron chi connectivity index (χ3n) is 2.45. The third kappa shape index (κ3) is 2.96. The van der Waals surface area contributed by atoms with Crippen LogP contribution in [0.1, 0.15) is 5.69 Å². The Balaban J connectivity index is 2.36. The predicted molar refractivity (Wildman–Crippen MR) is 73.6 cm³/mol. The largest absolute Gasteiger partial charge is 0.363 e. The number of H-pyrrole nitrogens is 1. The number of sulfonamides is 1. The number of aromatic nitrogens is 1. The first-order valence-corrected chi connectivity index (χ1v) is 7.56. The van der Waals surface area contributed by atoms with Crippen molar-refractivity contribution in [2.45, 2.75) is 11.4 Å². The van der Waals surface area contributed by atoms with Crippen molar-refractivity contribution >= 4 is 31.6 Å². The zero-order chi connectivity index (χ0) is 14.0. The van der Waals surface area contributed by atoms with Crippen molar-refractivity contribution in [1.29, 1.82) is 0 Å². The first kappa shape index (κ1) is 14.0. The Morgan fingerprint density at radius 1 is 1.42 bits per heavy atom. The lowest BCUT2D eigenvalue weighted by Gasteiger charge is -2.09. The second-order valence-corrected chi connectivity index (χ2v) is 6.30. The molecule has 0 bridgehead atoms. The minimum atomic E-state index is -3.85. The zero-order valence-corrected chi connectivity index (χ0v) is 12.1. The summed E-state index contributed by atoms with van der Waals surface area (Å²) < 4.78 is 40.3. The van der Waals surface area contributed by atoms with E-state index in [1.807, 2.05) is 0 Å². The lowest BCUT2D eigenvalue weighted by molar-refractivity contribution is 0.598. The van der Waals surface area contributed by atoms with Gasteiger partial charge in [0.25, 0.3) is 10.0 Å². The van der Waals surface area contributed by atoms with Crippen LogP contribution in [0.4, 0.5) is 10.1 Å². The van der Waals surface area contributed by atoms with Crippen LogP contribution in [-0.4, -0.2) is 13.4 Å². The molecule has 2 aromatic rings. The molecule has 0 saturated carbocycles. The van der Waals surface area contributed by atoms with E-state index in [1.165, 1.54) is 24.4 Å². The summed E-state index contributed by atoms with van der Waals surface area (Å²) in [5, 5.41) is 0. The summed E-state index contributed by atoms with van der Waals surface area (Å²) in [5.74, 6) is -0.660. The fourth-order valence-electron chi connectivity index (χ4n) is 1.48. The number of anilines is 1. The number of nitrogens with two attached hydrogens (primary N) is 1. The molecule has 0 spiro atoms. The maximum absolute atomic E-state index is 13.6. The molecule has 0 fully saturated rings. The molecular formula is C11H11BrFN3O2S. The first-order chi connectivity index (χ1) is 8.94. The van der Waals surface area contributed by atoms with E-state index in [2.05, 4.69) is 25.6 Å². The molecule has 1 aromatic heterocycles. The van der Waals surface area contributed by atoms with Gasteiger partial charge in [0.05, 0.1) is 5.69 Å². The smallest absolute Gasteiger partial charge is 0.263 e. The molecule has 0 saturated heterocycles. The number of para-hydroxylation sites is 1. The van der Waals surface area contributed by atoms with E-state index in [-0.39, 0.29) is 17.1 Å². The Morgan fingerprint density at radius 2 is 2.16 bits per heavy atom. The highest BCUT2D eigenvalue weighted by molar-refractivity contribution is 9.10. The fourth-order valence-corrected chi connectivity index (χ4v) is 3.16. The van der Waals surface area contributed by atoms with Crippen LogP contribution in [0.5, 0.6) is 0 Å². The molecule has 0 aliphatic heterocycles. The molecule has 0 unspecified atom stereocenters. The van der Waals surface area contributed by atoms with E-state index >= 15 is 0 Å². The summed E-state index contributed by atoms with van der Waals surface area (Å²) in [6, 6.07) is 5.59. The number of nitrogens with one attached hydrogen (secondary N) is 2. The van der Waals surface area contributed by atoms with Gasteiger partial charge in [-0.3, -0.25) is 4.72 Å². The molecule has 2 rings (SSSR count). The van der Waals surface area contributed by atoms with Gasteiger partial charge in [-0.25, -0.2) is 12.8 Å². The van der Waals surface area contributed by atoms with E-state index in [4.69, 9.17) is 5.73 Å². The maximum atomic E-state index is 13.6. The van der Waals surface area contributed by atoms with Crippen molar-refractivity contribution in [3.63, 3.8) is 0 Å². The zero-order valence-electron chi connectivity index (χ0n) is 9.65. The minimum Gasteiger partial charge on any atom is -0.363 e. The normalized spacial score (nSPS) is 11.5.